The number of esters is 1. The van der Waals surface area contributed by atoms with E-state index in [1.54, 1.807) is 23.9 Å². The minimum absolute atomic E-state index is 0.0725. The molecule has 4 aromatic rings. The summed E-state index contributed by atoms with van der Waals surface area (Å²) >= 11 is 1.54. The molecule has 2 atom stereocenters. The van der Waals surface area contributed by atoms with E-state index in [1.165, 1.54) is 7.11 Å². The largest absolute Gasteiger partial charge is 0.463 e. The van der Waals surface area contributed by atoms with Crippen molar-refractivity contribution in [2.45, 2.75) is 42.8 Å². The van der Waals surface area contributed by atoms with Gasteiger partial charge in [-0.3, -0.25) is 4.57 Å². The minimum Gasteiger partial charge on any atom is -0.463 e. The van der Waals surface area contributed by atoms with E-state index in [2.05, 4.69) is 25.8 Å². The second kappa shape index (κ2) is 8.84. The molecular formula is C23H24N4O4S. The number of aromatic amines is 1. The summed E-state index contributed by atoms with van der Waals surface area (Å²) in [5.41, 5.74) is 2.07. The molecule has 5 rings (SSSR count). The van der Waals surface area contributed by atoms with Crippen LogP contribution < -0.4 is 0 Å². The zero-order valence-electron chi connectivity index (χ0n) is 17.9. The van der Waals surface area contributed by atoms with Crippen LogP contribution in [0, 0.1) is 0 Å². The van der Waals surface area contributed by atoms with Crippen molar-refractivity contribution in [3.63, 3.8) is 0 Å². The number of H-pyrrole nitrogens is 1. The Kier molecular flexibility index (Phi) is 5.75. The van der Waals surface area contributed by atoms with E-state index in [4.69, 9.17) is 13.9 Å². The summed E-state index contributed by atoms with van der Waals surface area (Å²) in [6.45, 7) is 3.49. The number of nitrogens with zero attached hydrogens (tertiary/aromatic N) is 3. The Morgan fingerprint density at radius 3 is 3.00 bits per heavy atom. The molecule has 1 aliphatic rings. The van der Waals surface area contributed by atoms with Gasteiger partial charge >= 0.3 is 5.97 Å². The molecule has 9 heteroatoms. The first-order valence-corrected chi connectivity index (χ1v) is 11.5. The predicted molar refractivity (Wildman–Crippen MR) is 121 cm³/mol. The van der Waals surface area contributed by atoms with E-state index in [-0.39, 0.29) is 17.1 Å². The third kappa shape index (κ3) is 3.93. The maximum Gasteiger partial charge on any atom is 0.373 e. The van der Waals surface area contributed by atoms with E-state index in [9.17, 15) is 4.79 Å². The van der Waals surface area contributed by atoms with E-state index in [0.717, 1.165) is 46.9 Å². The average Bonchev–Trinajstić information content (AvgIpc) is 3.61. The Morgan fingerprint density at radius 1 is 1.31 bits per heavy atom. The van der Waals surface area contributed by atoms with Gasteiger partial charge in [0.05, 0.1) is 25.0 Å². The number of ether oxygens (including phenoxy) is 2. The highest BCUT2D eigenvalue weighted by atomic mass is 32.2. The number of benzene rings is 1. The van der Waals surface area contributed by atoms with Crippen LogP contribution in [0.5, 0.6) is 0 Å². The van der Waals surface area contributed by atoms with Gasteiger partial charge in [0.25, 0.3) is 0 Å². The number of hydrogen-bond donors (Lipinski definition) is 1. The number of fused-ring (bicyclic) bond motifs is 1. The van der Waals surface area contributed by atoms with E-state index >= 15 is 0 Å². The molecule has 0 radical (unpaired) electrons. The summed E-state index contributed by atoms with van der Waals surface area (Å²) in [5, 5.41) is 10.9. The van der Waals surface area contributed by atoms with Crippen LogP contribution in [-0.2, 0) is 16.0 Å². The van der Waals surface area contributed by atoms with Gasteiger partial charge in [-0.2, -0.15) is 0 Å². The van der Waals surface area contributed by atoms with E-state index < -0.39 is 5.97 Å². The van der Waals surface area contributed by atoms with Crippen molar-refractivity contribution in [3.8, 4) is 11.4 Å². The van der Waals surface area contributed by atoms with Gasteiger partial charge in [0, 0.05) is 29.3 Å². The molecule has 0 bridgehead atoms. The van der Waals surface area contributed by atoms with Crippen LogP contribution in [-0.4, -0.2) is 45.5 Å². The zero-order valence-corrected chi connectivity index (χ0v) is 18.7. The number of furan rings is 1. The van der Waals surface area contributed by atoms with Crippen molar-refractivity contribution >= 4 is 28.6 Å². The number of methoxy groups -OCH3 is 1. The van der Waals surface area contributed by atoms with E-state index in [1.807, 2.05) is 31.3 Å². The Balaban J connectivity index is 1.48. The van der Waals surface area contributed by atoms with Crippen molar-refractivity contribution < 1.29 is 18.7 Å². The number of carbonyl (C=O) groups is 1. The number of thioether (sulfide) groups is 1. The van der Waals surface area contributed by atoms with Gasteiger partial charge in [0.2, 0.25) is 5.76 Å². The third-order valence-electron chi connectivity index (χ3n) is 5.65. The molecular weight excluding hydrogens is 428 g/mol. The molecule has 0 amide bonds. The molecule has 1 N–H and O–H groups in total. The highest BCUT2D eigenvalue weighted by Crippen LogP contribution is 2.38. The van der Waals surface area contributed by atoms with Gasteiger partial charge in [0.15, 0.2) is 11.0 Å². The molecule has 0 saturated carbocycles. The second-order valence-corrected chi connectivity index (χ2v) is 9.06. The molecule has 1 saturated heterocycles. The smallest absolute Gasteiger partial charge is 0.373 e. The topological polar surface area (TPSA) is 95.2 Å². The fourth-order valence-electron chi connectivity index (χ4n) is 3.99. The van der Waals surface area contributed by atoms with Crippen LogP contribution in [0.1, 0.15) is 41.3 Å². The monoisotopic (exact) mass is 452 g/mol. The minimum atomic E-state index is -0.489. The van der Waals surface area contributed by atoms with Gasteiger partial charge in [-0.1, -0.05) is 30.0 Å². The normalized spacial score (nSPS) is 17.1. The van der Waals surface area contributed by atoms with Crippen molar-refractivity contribution in [2.24, 2.45) is 0 Å². The molecule has 0 spiro atoms. The number of carbonyl (C=O) groups excluding carboxylic acids is 1. The lowest BCUT2D eigenvalue weighted by molar-refractivity contribution is 0.0563. The van der Waals surface area contributed by atoms with Crippen LogP contribution in [0.25, 0.3) is 22.3 Å². The molecule has 1 fully saturated rings. The van der Waals surface area contributed by atoms with Crippen LogP contribution in [0.2, 0.25) is 0 Å². The molecule has 2 unspecified atom stereocenters. The first-order valence-electron chi connectivity index (χ1n) is 10.6. The first-order chi connectivity index (χ1) is 15.6. The summed E-state index contributed by atoms with van der Waals surface area (Å²) in [6, 6.07) is 11.6. The molecule has 8 nitrogen and oxygen atoms in total. The third-order valence-corrected chi connectivity index (χ3v) is 6.75. The molecule has 32 heavy (non-hydrogen) atoms. The maximum absolute atomic E-state index is 11.7. The van der Waals surface area contributed by atoms with Crippen LogP contribution in [0.4, 0.5) is 0 Å². The first kappa shape index (κ1) is 20.8. The van der Waals surface area contributed by atoms with Gasteiger partial charge in [0.1, 0.15) is 5.76 Å². The molecule has 166 valence electrons. The predicted octanol–water partition coefficient (Wildman–Crippen LogP) is 4.84. The highest BCUT2D eigenvalue weighted by Gasteiger charge is 2.25. The molecule has 3 aromatic heterocycles. The highest BCUT2D eigenvalue weighted by molar-refractivity contribution is 7.99. The summed E-state index contributed by atoms with van der Waals surface area (Å²) in [4.78, 5) is 15.1. The Bertz CT molecular complexity index is 1240. The Morgan fingerprint density at radius 2 is 2.19 bits per heavy atom. The van der Waals surface area contributed by atoms with Crippen LogP contribution in [0.15, 0.2) is 52.2 Å². The van der Waals surface area contributed by atoms with Gasteiger partial charge < -0.3 is 18.9 Å². The standard InChI is InChI=1S/C23H24N4O4S/c1-14(19-9-10-20(31-19)22(28)29-2)32-23-26-25-21(27(23)13-15-6-5-11-30-15)17-12-24-18-8-4-3-7-16(17)18/h3-4,7-10,12,14-15,24H,5-6,11,13H2,1-2H3. The zero-order chi connectivity index (χ0) is 22.1. The average molecular weight is 453 g/mol. The summed E-state index contributed by atoms with van der Waals surface area (Å²) in [6.07, 6.45) is 4.20. The number of rotatable bonds is 7. The molecule has 4 heterocycles. The fraction of sp³-hybridized carbons (Fsp3) is 0.348. The van der Waals surface area contributed by atoms with Crippen molar-refractivity contribution in [1.29, 1.82) is 0 Å². The Hall–Kier alpha value is -3.04. The second-order valence-electron chi connectivity index (χ2n) is 7.75. The van der Waals surface area contributed by atoms with Gasteiger partial charge in [-0.15, -0.1) is 10.2 Å². The summed E-state index contributed by atoms with van der Waals surface area (Å²) in [5.74, 6) is 1.19. The van der Waals surface area contributed by atoms with Crippen molar-refractivity contribution in [2.75, 3.05) is 13.7 Å². The number of nitrogens with one attached hydrogen (secondary N) is 1. The van der Waals surface area contributed by atoms with Gasteiger partial charge in [-0.05, 0) is 38.0 Å². The number of hydrogen-bond acceptors (Lipinski definition) is 7. The SMILES string of the molecule is COC(=O)c1ccc(C(C)Sc2nnc(-c3c[nH]c4ccccc34)n2CC2CCCO2)o1. The number of aromatic nitrogens is 4. The lowest BCUT2D eigenvalue weighted by atomic mass is 10.1. The van der Waals surface area contributed by atoms with Crippen LogP contribution >= 0.6 is 11.8 Å². The van der Waals surface area contributed by atoms with Crippen molar-refractivity contribution in [3.05, 3.63) is 54.1 Å². The quantitative estimate of drug-likeness (QED) is 0.317. The lowest BCUT2D eigenvalue weighted by Gasteiger charge is -2.15. The molecule has 1 aliphatic heterocycles. The van der Waals surface area contributed by atoms with Gasteiger partial charge in [-0.25, -0.2) is 4.79 Å². The van der Waals surface area contributed by atoms with Crippen molar-refractivity contribution in [1.82, 2.24) is 19.7 Å². The van der Waals surface area contributed by atoms with E-state index in [0.29, 0.717) is 12.3 Å². The maximum atomic E-state index is 11.7. The summed E-state index contributed by atoms with van der Waals surface area (Å²) < 4.78 is 18.5. The fourth-order valence-corrected chi connectivity index (χ4v) is 4.92. The molecule has 1 aromatic carbocycles. The Labute approximate surface area is 189 Å². The molecule has 0 aliphatic carbocycles. The van der Waals surface area contributed by atoms with Crippen LogP contribution in [0.3, 0.4) is 0 Å². The summed E-state index contributed by atoms with van der Waals surface area (Å²) in [7, 11) is 1.34. The number of para-hydroxylation sites is 1. The lowest BCUT2D eigenvalue weighted by Crippen LogP contribution is -2.16.